The van der Waals surface area contributed by atoms with E-state index in [2.05, 4.69) is 10.6 Å². The Morgan fingerprint density at radius 2 is 2.00 bits per heavy atom. The highest BCUT2D eigenvalue weighted by Crippen LogP contribution is 2.27. The van der Waals surface area contributed by atoms with Gasteiger partial charge in [0.2, 0.25) is 5.91 Å². The second-order valence-corrected chi connectivity index (χ2v) is 5.38. The van der Waals surface area contributed by atoms with Crippen LogP contribution in [0.15, 0.2) is 12.1 Å². The molecule has 1 aromatic rings. The fourth-order valence-corrected chi connectivity index (χ4v) is 2.55. The molecule has 2 rings (SSSR count). The molecule has 1 saturated heterocycles. The van der Waals surface area contributed by atoms with Crippen molar-refractivity contribution in [2.24, 2.45) is 5.92 Å². The van der Waals surface area contributed by atoms with Crippen molar-refractivity contribution in [3.05, 3.63) is 23.3 Å². The number of nitrogens with one attached hydrogen (secondary N) is 2. The summed E-state index contributed by atoms with van der Waals surface area (Å²) >= 11 is 0. The average molecular weight is 276 g/mol. The first-order chi connectivity index (χ1) is 9.61. The lowest BCUT2D eigenvalue weighted by molar-refractivity contribution is -0.120. The molecule has 1 aliphatic rings. The molecule has 1 heterocycles. The van der Waals surface area contributed by atoms with Crippen molar-refractivity contribution >= 4 is 11.6 Å². The predicted octanol–water partition coefficient (Wildman–Crippen LogP) is 2.64. The van der Waals surface area contributed by atoms with Crippen LogP contribution in [0.4, 0.5) is 5.69 Å². The Labute approximate surface area is 120 Å². The van der Waals surface area contributed by atoms with E-state index in [0.717, 1.165) is 48.5 Å². The maximum Gasteiger partial charge on any atom is 0.227 e. The summed E-state index contributed by atoms with van der Waals surface area (Å²) in [6, 6.07) is 4.00. The van der Waals surface area contributed by atoms with Crippen LogP contribution in [-0.4, -0.2) is 25.6 Å². The zero-order valence-corrected chi connectivity index (χ0v) is 12.6. The minimum absolute atomic E-state index is 0.127. The average Bonchev–Trinajstić information content (AvgIpc) is 2.45. The molecule has 20 heavy (non-hydrogen) atoms. The van der Waals surface area contributed by atoms with Crippen LogP contribution in [0.5, 0.6) is 5.75 Å². The first kappa shape index (κ1) is 14.9. The Balaban J connectivity index is 2.08. The van der Waals surface area contributed by atoms with Gasteiger partial charge in [-0.05, 0) is 70.0 Å². The third kappa shape index (κ3) is 3.51. The SMILES string of the molecule is CCOc1cc(C)c(NC(=O)C2CCNCC2)cc1C. The molecule has 0 atom stereocenters. The van der Waals surface area contributed by atoms with E-state index in [1.54, 1.807) is 0 Å². The first-order valence-electron chi connectivity index (χ1n) is 7.37. The van der Waals surface area contributed by atoms with E-state index in [-0.39, 0.29) is 11.8 Å². The van der Waals surface area contributed by atoms with E-state index in [0.29, 0.717) is 6.61 Å². The second-order valence-electron chi connectivity index (χ2n) is 5.38. The van der Waals surface area contributed by atoms with Gasteiger partial charge in [-0.2, -0.15) is 0 Å². The molecule has 2 N–H and O–H groups in total. The minimum Gasteiger partial charge on any atom is -0.494 e. The third-order valence-corrected chi connectivity index (χ3v) is 3.79. The summed E-state index contributed by atoms with van der Waals surface area (Å²) in [5, 5.41) is 6.35. The molecule has 1 aliphatic heterocycles. The van der Waals surface area contributed by atoms with Crippen molar-refractivity contribution in [2.45, 2.75) is 33.6 Å². The van der Waals surface area contributed by atoms with Gasteiger partial charge in [0, 0.05) is 11.6 Å². The number of amides is 1. The van der Waals surface area contributed by atoms with Crippen molar-refractivity contribution in [1.82, 2.24) is 5.32 Å². The molecule has 1 aromatic carbocycles. The molecule has 0 aliphatic carbocycles. The number of rotatable bonds is 4. The second kappa shape index (κ2) is 6.75. The maximum atomic E-state index is 12.3. The topological polar surface area (TPSA) is 50.4 Å². The van der Waals surface area contributed by atoms with Crippen molar-refractivity contribution in [3.8, 4) is 5.75 Å². The highest BCUT2D eigenvalue weighted by atomic mass is 16.5. The molecule has 1 amide bonds. The largest absolute Gasteiger partial charge is 0.494 e. The van der Waals surface area contributed by atoms with Crippen molar-refractivity contribution in [2.75, 3.05) is 25.0 Å². The van der Waals surface area contributed by atoms with Crippen LogP contribution in [0.3, 0.4) is 0 Å². The summed E-state index contributed by atoms with van der Waals surface area (Å²) in [7, 11) is 0. The van der Waals surface area contributed by atoms with Crippen molar-refractivity contribution in [1.29, 1.82) is 0 Å². The van der Waals surface area contributed by atoms with E-state index in [1.165, 1.54) is 0 Å². The van der Waals surface area contributed by atoms with Gasteiger partial charge < -0.3 is 15.4 Å². The van der Waals surface area contributed by atoms with Gasteiger partial charge in [0.15, 0.2) is 0 Å². The minimum atomic E-state index is 0.127. The lowest BCUT2D eigenvalue weighted by Gasteiger charge is -2.22. The Kier molecular flexibility index (Phi) is 5.01. The van der Waals surface area contributed by atoms with E-state index in [4.69, 9.17) is 4.74 Å². The number of carbonyl (C=O) groups excluding carboxylic acids is 1. The molecule has 0 radical (unpaired) electrons. The van der Waals surface area contributed by atoms with Crippen molar-refractivity contribution in [3.63, 3.8) is 0 Å². The highest BCUT2D eigenvalue weighted by molar-refractivity contribution is 5.93. The molecular formula is C16H24N2O2. The van der Waals surface area contributed by atoms with Gasteiger partial charge in [0.1, 0.15) is 5.75 Å². The van der Waals surface area contributed by atoms with Gasteiger partial charge in [-0.3, -0.25) is 4.79 Å². The zero-order chi connectivity index (χ0) is 14.5. The highest BCUT2D eigenvalue weighted by Gasteiger charge is 2.21. The number of anilines is 1. The number of carbonyl (C=O) groups is 1. The van der Waals surface area contributed by atoms with Crippen LogP contribution < -0.4 is 15.4 Å². The van der Waals surface area contributed by atoms with Gasteiger partial charge in [-0.25, -0.2) is 0 Å². The molecule has 4 heteroatoms. The molecule has 4 nitrogen and oxygen atoms in total. The van der Waals surface area contributed by atoms with Gasteiger partial charge in [-0.1, -0.05) is 0 Å². The van der Waals surface area contributed by atoms with E-state index >= 15 is 0 Å². The van der Waals surface area contributed by atoms with Crippen LogP contribution >= 0.6 is 0 Å². The molecule has 0 unspecified atom stereocenters. The molecule has 0 bridgehead atoms. The number of ether oxygens (including phenoxy) is 1. The van der Waals surface area contributed by atoms with Crippen molar-refractivity contribution < 1.29 is 9.53 Å². The molecule has 110 valence electrons. The zero-order valence-electron chi connectivity index (χ0n) is 12.6. The Bertz CT molecular complexity index is 480. The summed E-state index contributed by atoms with van der Waals surface area (Å²) in [5.74, 6) is 1.16. The monoisotopic (exact) mass is 276 g/mol. The Hall–Kier alpha value is -1.55. The van der Waals surface area contributed by atoms with E-state index < -0.39 is 0 Å². The van der Waals surface area contributed by atoms with Crippen LogP contribution in [0.2, 0.25) is 0 Å². The quantitative estimate of drug-likeness (QED) is 0.889. The van der Waals surface area contributed by atoms with E-state index in [1.807, 2.05) is 32.9 Å². The number of benzene rings is 1. The van der Waals surface area contributed by atoms with Gasteiger partial charge >= 0.3 is 0 Å². The predicted molar refractivity (Wildman–Crippen MR) is 81.3 cm³/mol. The number of hydrogen-bond acceptors (Lipinski definition) is 3. The smallest absolute Gasteiger partial charge is 0.227 e. The number of piperidine rings is 1. The van der Waals surface area contributed by atoms with Crippen LogP contribution in [-0.2, 0) is 4.79 Å². The third-order valence-electron chi connectivity index (χ3n) is 3.79. The summed E-state index contributed by atoms with van der Waals surface area (Å²) in [5.41, 5.74) is 2.99. The number of aryl methyl sites for hydroxylation is 2. The summed E-state index contributed by atoms with van der Waals surface area (Å²) < 4.78 is 5.57. The first-order valence-corrected chi connectivity index (χ1v) is 7.37. The molecule has 0 aromatic heterocycles. The summed E-state index contributed by atoms with van der Waals surface area (Å²) in [6.07, 6.45) is 1.84. The van der Waals surface area contributed by atoms with Gasteiger partial charge in [0.25, 0.3) is 0 Å². The number of hydrogen-bond donors (Lipinski definition) is 2. The van der Waals surface area contributed by atoms with Crippen LogP contribution in [0.1, 0.15) is 30.9 Å². The Morgan fingerprint density at radius 3 is 2.65 bits per heavy atom. The molecule has 0 saturated carbocycles. The Morgan fingerprint density at radius 1 is 1.30 bits per heavy atom. The fraction of sp³-hybridized carbons (Fsp3) is 0.562. The van der Waals surface area contributed by atoms with Crippen LogP contribution in [0.25, 0.3) is 0 Å². The molecule has 1 fully saturated rings. The summed E-state index contributed by atoms with van der Waals surface area (Å²) in [6.45, 7) is 8.49. The lowest BCUT2D eigenvalue weighted by Crippen LogP contribution is -2.34. The molecular weight excluding hydrogens is 252 g/mol. The van der Waals surface area contributed by atoms with Crippen LogP contribution in [0, 0.1) is 19.8 Å². The standard InChI is InChI=1S/C16H24N2O2/c1-4-20-15-10-11(2)14(9-12(15)3)18-16(19)13-5-7-17-8-6-13/h9-10,13,17H,4-8H2,1-3H3,(H,18,19). The fourth-order valence-electron chi connectivity index (χ4n) is 2.55. The maximum absolute atomic E-state index is 12.3. The van der Waals surface area contributed by atoms with Gasteiger partial charge in [-0.15, -0.1) is 0 Å². The lowest BCUT2D eigenvalue weighted by atomic mass is 9.97. The summed E-state index contributed by atoms with van der Waals surface area (Å²) in [4.78, 5) is 12.3. The van der Waals surface area contributed by atoms with E-state index in [9.17, 15) is 4.79 Å². The van der Waals surface area contributed by atoms with Gasteiger partial charge in [0.05, 0.1) is 6.61 Å². The molecule has 0 spiro atoms. The normalized spacial score (nSPS) is 15.9.